The third kappa shape index (κ3) is 6.80. The van der Waals surface area contributed by atoms with Crippen LogP contribution in [0, 0.1) is 52.3 Å². The molecule has 224 valence electrons. The van der Waals surface area contributed by atoms with Gasteiger partial charge < -0.3 is 15.4 Å². The van der Waals surface area contributed by atoms with Gasteiger partial charge in [-0.2, -0.15) is 0 Å². The number of hydrogen-bond donors (Lipinski definition) is 2. The molecule has 5 heteroatoms. The van der Waals surface area contributed by atoms with Crippen molar-refractivity contribution in [2.45, 2.75) is 144 Å². The van der Waals surface area contributed by atoms with Crippen LogP contribution in [-0.2, 0) is 9.53 Å². The Morgan fingerprint density at radius 1 is 0.897 bits per heavy atom. The number of nitrogens with one attached hydrogen (secondary N) is 2. The van der Waals surface area contributed by atoms with Gasteiger partial charge in [0.05, 0.1) is 0 Å². The molecule has 39 heavy (non-hydrogen) atoms. The van der Waals surface area contributed by atoms with Gasteiger partial charge in [-0.1, -0.05) is 53.9 Å². The van der Waals surface area contributed by atoms with Crippen molar-refractivity contribution in [2.75, 3.05) is 6.54 Å². The van der Waals surface area contributed by atoms with Crippen molar-refractivity contribution in [1.82, 2.24) is 10.6 Å². The highest BCUT2D eigenvalue weighted by Gasteiger charge is 2.60. The van der Waals surface area contributed by atoms with Gasteiger partial charge in [-0.25, -0.2) is 4.79 Å². The second-order valence-electron chi connectivity index (χ2n) is 16.1. The fourth-order valence-electron chi connectivity index (χ4n) is 10.2. The van der Waals surface area contributed by atoms with Gasteiger partial charge in [-0.3, -0.25) is 4.79 Å². The monoisotopic (exact) mass is 544 g/mol. The third-order valence-corrected chi connectivity index (χ3v) is 12.0. The SMILES string of the molecule is CC(C)CCC[C@@H](C)[C@H]1CC[C@H]2[C@@H]3CCC4C[C@H](NC(=O)CNC(=O)OC(C)(C)C)CC[C@]4(C)[C@H]3CC[C@]12C. The zero-order valence-electron chi connectivity index (χ0n) is 26.5. The number of hydrogen-bond acceptors (Lipinski definition) is 3. The number of alkyl carbamates (subject to hydrolysis) is 1. The molecule has 4 aliphatic carbocycles. The van der Waals surface area contributed by atoms with E-state index in [4.69, 9.17) is 4.74 Å². The maximum atomic E-state index is 12.6. The molecule has 0 radical (unpaired) electrons. The number of rotatable bonds is 8. The van der Waals surface area contributed by atoms with Crippen LogP contribution in [0.25, 0.3) is 0 Å². The molecule has 4 rings (SSSR count). The smallest absolute Gasteiger partial charge is 0.408 e. The lowest BCUT2D eigenvalue weighted by molar-refractivity contribution is -0.127. The zero-order valence-corrected chi connectivity index (χ0v) is 26.5. The molecule has 0 aromatic carbocycles. The van der Waals surface area contributed by atoms with Crippen LogP contribution in [0.3, 0.4) is 0 Å². The first-order valence-electron chi connectivity index (χ1n) is 16.5. The van der Waals surface area contributed by atoms with Gasteiger partial charge in [0.2, 0.25) is 5.91 Å². The van der Waals surface area contributed by atoms with Gasteiger partial charge in [0.15, 0.2) is 0 Å². The van der Waals surface area contributed by atoms with E-state index in [2.05, 4.69) is 45.3 Å². The number of fused-ring (bicyclic) bond motifs is 5. The van der Waals surface area contributed by atoms with E-state index >= 15 is 0 Å². The van der Waals surface area contributed by atoms with Gasteiger partial charge in [-0.05, 0) is 131 Å². The molecule has 4 fully saturated rings. The molecule has 0 aromatic heterocycles. The Bertz CT molecular complexity index is 865. The van der Waals surface area contributed by atoms with Crippen LogP contribution in [0.1, 0.15) is 132 Å². The fraction of sp³-hybridized carbons (Fsp3) is 0.941. The number of carbonyl (C=O) groups is 2. The predicted octanol–water partition coefficient (Wildman–Crippen LogP) is 8.12. The Labute approximate surface area is 239 Å². The number of amides is 2. The van der Waals surface area contributed by atoms with E-state index in [0.717, 1.165) is 48.3 Å². The summed E-state index contributed by atoms with van der Waals surface area (Å²) in [5.41, 5.74) is 0.407. The molecule has 2 N–H and O–H groups in total. The Kier molecular flexibility index (Phi) is 9.38. The minimum atomic E-state index is -0.561. The first-order chi connectivity index (χ1) is 18.2. The van der Waals surface area contributed by atoms with Crippen LogP contribution < -0.4 is 10.6 Å². The molecule has 0 aromatic rings. The summed E-state index contributed by atoms with van der Waals surface area (Å²) in [6.07, 6.45) is 15.5. The normalized spacial score (nSPS) is 38.8. The van der Waals surface area contributed by atoms with Crippen molar-refractivity contribution in [3.05, 3.63) is 0 Å². The molecule has 1 unspecified atom stereocenters. The molecule has 0 bridgehead atoms. The van der Waals surface area contributed by atoms with E-state index in [-0.39, 0.29) is 18.5 Å². The van der Waals surface area contributed by atoms with Crippen molar-refractivity contribution in [3.8, 4) is 0 Å². The largest absolute Gasteiger partial charge is 0.444 e. The molecule has 4 aliphatic rings. The maximum absolute atomic E-state index is 12.6. The van der Waals surface area contributed by atoms with Gasteiger partial charge >= 0.3 is 6.09 Å². The van der Waals surface area contributed by atoms with Crippen molar-refractivity contribution >= 4 is 12.0 Å². The van der Waals surface area contributed by atoms with Gasteiger partial charge in [0, 0.05) is 6.04 Å². The Hall–Kier alpha value is -1.26. The molecule has 9 atom stereocenters. The Morgan fingerprint density at radius 2 is 1.59 bits per heavy atom. The molecule has 0 aliphatic heterocycles. The van der Waals surface area contributed by atoms with Crippen LogP contribution >= 0.6 is 0 Å². The van der Waals surface area contributed by atoms with Crippen LogP contribution in [0.4, 0.5) is 4.79 Å². The standard InChI is InChI=1S/C34H60N2O3/c1-22(2)10-9-11-23(3)27-14-15-28-26-13-12-24-20-25(36-30(37)21-35-31(38)39-32(4,5)6)16-18-33(24,7)29(26)17-19-34(27,28)8/h22-29H,9-21H2,1-8H3,(H,35,38)(H,36,37)/t23-,24?,25-,26+,27-,28+,29+,33+,34-/m1/s1. The first-order valence-corrected chi connectivity index (χ1v) is 16.5. The van der Waals surface area contributed by atoms with E-state index in [9.17, 15) is 9.59 Å². The van der Waals surface area contributed by atoms with Crippen LogP contribution in [0.15, 0.2) is 0 Å². The van der Waals surface area contributed by atoms with E-state index in [0.29, 0.717) is 16.7 Å². The number of ether oxygens (including phenoxy) is 1. The summed E-state index contributed by atoms with van der Waals surface area (Å²) in [4.78, 5) is 24.5. The van der Waals surface area contributed by atoms with Crippen LogP contribution in [0.5, 0.6) is 0 Å². The molecule has 0 saturated heterocycles. The molecule has 0 spiro atoms. The van der Waals surface area contributed by atoms with Gasteiger partial charge in [-0.15, -0.1) is 0 Å². The average molecular weight is 545 g/mol. The van der Waals surface area contributed by atoms with E-state index < -0.39 is 11.7 Å². The molecule has 5 nitrogen and oxygen atoms in total. The summed E-state index contributed by atoms with van der Waals surface area (Å²) in [5.74, 6) is 5.89. The third-order valence-electron chi connectivity index (χ3n) is 12.0. The minimum Gasteiger partial charge on any atom is -0.444 e. The summed E-state index contributed by atoms with van der Waals surface area (Å²) < 4.78 is 5.26. The highest BCUT2D eigenvalue weighted by atomic mass is 16.6. The van der Waals surface area contributed by atoms with Gasteiger partial charge in [0.25, 0.3) is 0 Å². The lowest BCUT2D eigenvalue weighted by Crippen LogP contribution is -2.56. The van der Waals surface area contributed by atoms with Crippen molar-refractivity contribution < 1.29 is 14.3 Å². The molecule has 4 saturated carbocycles. The Balaban J connectivity index is 1.31. The maximum Gasteiger partial charge on any atom is 0.408 e. The average Bonchev–Trinajstić information content (AvgIpc) is 3.19. The Morgan fingerprint density at radius 3 is 2.28 bits per heavy atom. The zero-order chi connectivity index (χ0) is 28.6. The predicted molar refractivity (Wildman–Crippen MR) is 159 cm³/mol. The molecular weight excluding hydrogens is 484 g/mol. The summed E-state index contributed by atoms with van der Waals surface area (Å²) in [6, 6.07) is 0.226. The fourth-order valence-corrected chi connectivity index (χ4v) is 10.2. The highest BCUT2D eigenvalue weighted by molar-refractivity contribution is 5.82. The number of carbonyl (C=O) groups excluding carboxylic acids is 2. The van der Waals surface area contributed by atoms with Crippen molar-refractivity contribution in [3.63, 3.8) is 0 Å². The van der Waals surface area contributed by atoms with Crippen LogP contribution in [-0.4, -0.2) is 30.2 Å². The summed E-state index contributed by atoms with van der Waals surface area (Å²) in [7, 11) is 0. The second kappa shape index (κ2) is 11.9. The molecule has 0 heterocycles. The van der Waals surface area contributed by atoms with Crippen molar-refractivity contribution in [1.29, 1.82) is 0 Å². The summed E-state index contributed by atoms with van der Waals surface area (Å²) >= 11 is 0. The van der Waals surface area contributed by atoms with Crippen molar-refractivity contribution in [2.24, 2.45) is 52.3 Å². The second-order valence-corrected chi connectivity index (χ2v) is 16.1. The van der Waals surface area contributed by atoms with Gasteiger partial charge in [0.1, 0.15) is 12.1 Å². The van der Waals surface area contributed by atoms with E-state index in [1.165, 1.54) is 64.2 Å². The molecular formula is C34H60N2O3. The summed E-state index contributed by atoms with van der Waals surface area (Å²) in [5, 5.41) is 5.84. The lowest BCUT2D eigenvalue weighted by Gasteiger charge is -2.61. The summed E-state index contributed by atoms with van der Waals surface area (Å²) in [6.45, 7) is 18.1. The first kappa shape index (κ1) is 30.7. The highest BCUT2D eigenvalue weighted by Crippen LogP contribution is 2.68. The van der Waals surface area contributed by atoms with E-state index in [1.807, 2.05) is 20.8 Å². The van der Waals surface area contributed by atoms with E-state index in [1.54, 1.807) is 0 Å². The van der Waals surface area contributed by atoms with Crippen LogP contribution in [0.2, 0.25) is 0 Å². The minimum absolute atomic E-state index is 0.0185. The molecule has 2 amide bonds. The topological polar surface area (TPSA) is 67.4 Å². The lowest BCUT2D eigenvalue weighted by atomic mass is 9.44. The quantitative estimate of drug-likeness (QED) is 0.324.